The maximum atomic E-state index is 6.77. The van der Waals surface area contributed by atoms with E-state index in [1.54, 1.807) is 7.11 Å². The zero-order valence-corrected chi connectivity index (χ0v) is 16.8. The van der Waals surface area contributed by atoms with Gasteiger partial charge in [-0.2, -0.15) is 0 Å². The first kappa shape index (κ1) is 20.9. The highest BCUT2D eigenvalue weighted by atomic mass is 28.4. The summed E-state index contributed by atoms with van der Waals surface area (Å²) in [6.07, 6.45) is 4.58. The molecule has 0 aliphatic heterocycles. The number of hydrogen-bond acceptors (Lipinski definition) is 2. The van der Waals surface area contributed by atoms with Gasteiger partial charge in [0.25, 0.3) is 0 Å². The Morgan fingerprint density at radius 1 is 1.19 bits per heavy atom. The van der Waals surface area contributed by atoms with Gasteiger partial charge in [0.2, 0.25) is 0 Å². The van der Waals surface area contributed by atoms with Crippen LogP contribution in [0.2, 0.25) is 18.1 Å². The van der Waals surface area contributed by atoms with Crippen molar-refractivity contribution in [1.82, 2.24) is 0 Å². The van der Waals surface area contributed by atoms with Crippen LogP contribution in [0.5, 0.6) is 0 Å². The van der Waals surface area contributed by atoms with Crippen LogP contribution in [0.15, 0.2) is 12.7 Å². The molecule has 0 N–H and O–H groups in total. The summed E-state index contributed by atoms with van der Waals surface area (Å²) in [6.45, 7) is 22.3. The molecule has 0 spiro atoms. The summed E-state index contributed by atoms with van der Waals surface area (Å²) in [5.41, 5.74) is 0. The third kappa shape index (κ3) is 5.88. The Balaban J connectivity index is 5.29. The van der Waals surface area contributed by atoms with Crippen molar-refractivity contribution < 1.29 is 9.16 Å². The zero-order valence-electron chi connectivity index (χ0n) is 15.8. The molecule has 0 aliphatic carbocycles. The Morgan fingerprint density at radius 2 is 1.71 bits per heavy atom. The van der Waals surface area contributed by atoms with Crippen LogP contribution in [0.1, 0.15) is 54.4 Å². The van der Waals surface area contributed by atoms with E-state index in [4.69, 9.17) is 9.16 Å². The molecule has 0 bridgehead atoms. The normalized spacial score (nSPS) is 18.9. The summed E-state index contributed by atoms with van der Waals surface area (Å²) in [5, 5.41) is 0.230. The fraction of sp³-hybridized carbons (Fsp3) is 0.889. The highest BCUT2D eigenvalue weighted by Gasteiger charge is 2.42. The van der Waals surface area contributed by atoms with Crippen molar-refractivity contribution >= 4 is 8.32 Å². The van der Waals surface area contributed by atoms with E-state index in [-0.39, 0.29) is 17.2 Å². The van der Waals surface area contributed by atoms with Crippen LogP contribution in [-0.2, 0) is 9.16 Å². The van der Waals surface area contributed by atoms with E-state index >= 15 is 0 Å². The largest absolute Gasteiger partial charge is 0.413 e. The molecule has 0 aromatic carbocycles. The van der Waals surface area contributed by atoms with Crippen LogP contribution in [0.4, 0.5) is 0 Å². The topological polar surface area (TPSA) is 18.5 Å². The van der Waals surface area contributed by atoms with Gasteiger partial charge < -0.3 is 9.16 Å². The molecule has 0 aliphatic rings. The highest BCUT2D eigenvalue weighted by molar-refractivity contribution is 6.74. The maximum absolute atomic E-state index is 6.77. The lowest BCUT2D eigenvalue weighted by molar-refractivity contribution is -0.00102. The fourth-order valence-electron chi connectivity index (χ4n) is 2.59. The van der Waals surface area contributed by atoms with E-state index in [1.165, 1.54) is 12.8 Å². The number of methoxy groups -OCH3 is 1. The maximum Gasteiger partial charge on any atom is 0.192 e. The van der Waals surface area contributed by atoms with Crippen molar-refractivity contribution in [2.75, 3.05) is 7.11 Å². The lowest BCUT2D eigenvalue weighted by Gasteiger charge is -2.44. The van der Waals surface area contributed by atoms with Gasteiger partial charge in [-0.05, 0) is 30.5 Å². The molecule has 2 nitrogen and oxygen atoms in total. The molecule has 0 fully saturated rings. The van der Waals surface area contributed by atoms with Gasteiger partial charge in [0.1, 0.15) is 0 Å². The Labute approximate surface area is 134 Å². The summed E-state index contributed by atoms with van der Waals surface area (Å²) in [4.78, 5) is 0. The smallest absolute Gasteiger partial charge is 0.192 e. The minimum atomic E-state index is -1.78. The van der Waals surface area contributed by atoms with Crippen LogP contribution in [-0.4, -0.2) is 27.6 Å². The quantitative estimate of drug-likeness (QED) is 0.404. The summed E-state index contributed by atoms with van der Waals surface area (Å²) in [5.74, 6) is 0.861. The van der Waals surface area contributed by atoms with E-state index in [0.29, 0.717) is 11.8 Å². The molecule has 0 aromatic heterocycles. The Kier molecular flexibility index (Phi) is 8.44. The number of rotatable bonds is 9. The minimum Gasteiger partial charge on any atom is -0.413 e. The summed E-state index contributed by atoms with van der Waals surface area (Å²) in [7, 11) is -0.0231. The minimum absolute atomic E-state index is 0.0547. The molecule has 21 heavy (non-hydrogen) atoms. The van der Waals surface area contributed by atoms with Gasteiger partial charge in [0.05, 0.1) is 12.2 Å². The molecule has 0 rings (SSSR count). The first-order valence-corrected chi connectivity index (χ1v) is 11.3. The van der Waals surface area contributed by atoms with Crippen LogP contribution in [0, 0.1) is 11.8 Å². The van der Waals surface area contributed by atoms with Crippen molar-refractivity contribution in [2.24, 2.45) is 11.8 Å². The second-order valence-corrected chi connectivity index (χ2v) is 12.7. The van der Waals surface area contributed by atoms with Gasteiger partial charge in [0.15, 0.2) is 8.32 Å². The third-order valence-corrected chi connectivity index (χ3v) is 9.56. The van der Waals surface area contributed by atoms with Crippen molar-refractivity contribution in [3.05, 3.63) is 12.7 Å². The van der Waals surface area contributed by atoms with Crippen LogP contribution in [0.25, 0.3) is 0 Å². The second-order valence-electron chi connectivity index (χ2n) is 7.90. The average molecular weight is 315 g/mol. The molecular formula is C18H38O2Si. The molecule has 126 valence electrons. The van der Waals surface area contributed by atoms with E-state index in [2.05, 4.69) is 61.2 Å². The molecule has 4 atom stereocenters. The van der Waals surface area contributed by atoms with Crippen molar-refractivity contribution in [1.29, 1.82) is 0 Å². The second kappa shape index (κ2) is 8.49. The van der Waals surface area contributed by atoms with E-state index < -0.39 is 8.32 Å². The molecule has 0 aromatic rings. The number of ether oxygens (including phenoxy) is 1. The van der Waals surface area contributed by atoms with Gasteiger partial charge in [-0.1, -0.05) is 54.0 Å². The molecule has 0 saturated heterocycles. The highest BCUT2D eigenvalue weighted by Crippen LogP contribution is 2.40. The van der Waals surface area contributed by atoms with Crippen LogP contribution < -0.4 is 0 Å². The van der Waals surface area contributed by atoms with Crippen molar-refractivity contribution in [3.63, 3.8) is 0 Å². The molecule has 0 unspecified atom stereocenters. The Morgan fingerprint density at radius 3 is 2.05 bits per heavy atom. The van der Waals surface area contributed by atoms with Crippen LogP contribution in [0.3, 0.4) is 0 Å². The molecule has 0 radical (unpaired) electrons. The average Bonchev–Trinajstić information content (AvgIpc) is 2.36. The molecule has 3 heteroatoms. The van der Waals surface area contributed by atoms with Crippen molar-refractivity contribution in [2.45, 2.75) is 84.7 Å². The van der Waals surface area contributed by atoms with Gasteiger partial charge in [-0.3, -0.25) is 0 Å². The van der Waals surface area contributed by atoms with Gasteiger partial charge in [-0.25, -0.2) is 0 Å². The number of hydrogen-bond donors (Lipinski definition) is 0. The summed E-state index contributed by atoms with van der Waals surface area (Å²) in [6, 6.07) is 0. The predicted molar refractivity (Wildman–Crippen MR) is 96.3 cm³/mol. The lowest BCUT2D eigenvalue weighted by Crippen LogP contribution is -2.49. The molecule has 0 amide bonds. The van der Waals surface area contributed by atoms with Gasteiger partial charge in [0, 0.05) is 13.0 Å². The van der Waals surface area contributed by atoms with E-state index in [0.717, 1.165) is 0 Å². The van der Waals surface area contributed by atoms with Crippen molar-refractivity contribution in [3.8, 4) is 0 Å². The standard InChI is InChI=1S/C18H38O2Si/c1-11-13-14(3)17(15(4)16(12-2)19-8)20-21(9,10)18(5,6)7/h12,14-17H,2,11,13H2,1,3-10H3/t14-,15-,16-,17+/m0/s1. The summed E-state index contributed by atoms with van der Waals surface area (Å²) < 4.78 is 12.4. The van der Waals surface area contributed by atoms with Gasteiger partial charge >= 0.3 is 0 Å². The third-order valence-electron chi connectivity index (χ3n) is 5.08. The summed E-state index contributed by atoms with van der Waals surface area (Å²) >= 11 is 0. The van der Waals surface area contributed by atoms with E-state index in [9.17, 15) is 0 Å². The molecule has 0 saturated carbocycles. The molecular weight excluding hydrogens is 276 g/mol. The molecule has 0 heterocycles. The predicted octanol–water partition coefficient (Wildman–Crippen LogP) is 5.65. The SMILES string of the molecule is C=C[C@H](OC)[C@H](C)[C@H](O[Si](C)(C)C(C)(C)C)[C@@H](C)CCC. The monoisotopic (exact) mass is 314 g/mol. The zero-order chi connectivity index (χ0) is 16.8. The first-order chi connectivity index (χ1) is 9.51. The lowest BCUT2D eigenvalue weighted by atomic mass is 9.87. The fourth-order valence-corrected chi connectivity index (χ4v) is 4.07. The van der Waals surface area contributed by atoms with E-state index in [1.807, 2.05) is 6.08 Å². The Bertz CT molecular complexity index is 307. The first-order valence-electron chi connectivity index (χ1n) is 8.35. The Hall–Kier alpha value is -0.123. The van der Waals surface area contributed by atoms with Gasteiger partial charge in [-0.15, -0.1) is 6.58 Å². The van der Waals surface area contributed by atoms with Crippen LogP contribution >= 0.6 is 0 Å².